The smallest absolute Gasteiger partial charge is 0.191 e. The zero-order valence-electron chi connectivity index (χ0n) is 17.6. The molecule has 0 bridgehead atoms. The summed E-state index contributed by atoms with van der Waals surface area (Å²) in [6.45, 7) is 15.7. The quantitative estimate of drug-likeness (QED) is 0.508. The van der Waals surface area contributed by atoms with Gasteiger partial charge in [-0.25, -0.2) is 4.99 Å². The SMILES string of the molecule is CCNC(=NCc1cc(C(CC)CC)no1)NCC(C)N1CCOCC1C. The van der Waals surface area contributed by atoms with Crippen molar-refractivity contribution in [1.29, 1.82) is 0 Å². The van der Waals surface area contributed by atoms with E-state index in [1.807, 2.05) is 6.07 Å². The highest BCUT2D eigenvalue weighted by Gasteiger charge is 2.23. The monoisotopic (exact) mass is 379 g/mol. The molecule has 7 nitrogen and oxygen atoms in total. The van der Waals surface area contributed by atoms with E-state index in [9.17, 15) is 0 Å². The minimum atomic E-state index is 0.416. The standard InChI is InChI=1S/C20H37N5O2/c1-6-17(7-2)19-11-18(27-24-19)13-23-20(21-8-3)22-12-15(4)25-9-10-26-14-16(25)5/h11,15-17H,6-10,12-14H2,1-5H3,(H2,21,22,23). The number of hydrogen-bond donors (Lipinski definition) is 2. The van der Waals surface area contributed by atoms with Gasteiger partial charge in [0.25, 0.3) is 0 Å². The predicted octanol–water partition coefficient (Wildman–Crippen LogP) is 2.74. The van der Waals surface area contributed by atoms with Gasteiger partial charge >= 0.3 is 0 Å². The average molecular weight is 380 g/mol. The first-order valence-corrected chi connectivity index (χ1v) is 10.4. The lowest BCUT2D eigenvalue weighted by Gasteiger charge is -2.38. The van der Waals surface area contributed by atoms with Crippen molar-refractivity contribution in [2.45, 2.75) is 72.0 Å². The van der Waals surface area contributed by atoms with Gasteiger partial charge in [-0.3, -0.25) is 4.90 Å². The summed E-state index contributed by atoms with van der Waals surface area (Å²) < 4.78 is 11.0. The lowest BCUT2D eigenvalue weighted by molar-refractivity contribution is -0.0174. The maximum atomic E-state index is 5.53. The molecule has 2 atom stereocenters. The van der Waals surface area contributed by atoms with Gasteiger partial charge in [-0.15, -0.1) is 0 Å². The molecule has 1 aromatic rings. The van der Waals surface area contributed by atoms with E-state index in [0.29, 0.717) is 24.5 Å². The summed E-state index contributed by atoms with van der Waals surface area (Å²) in [5, 5.41) is 11.0. The number of aliphatic imine (C=N–C) groups is 1. The molecule has 1 aliphatic rings. The van der Waals surface area contributed by atoms with Crippen molar-refractivity contribution in [3.8, 4) is 0 Å². The van der Waals surface area contributed by atoms with Crippen LogP contribution >= 0.6 is 0 Å². The van der Waals surface area contributed by atoms with E-state index in [1.165, 1.54) is 0 Å². The molecular formula is C20H37N5O2. The number of ether oxygens (including phenoxy) is 1. The van der Waals surface area contributed by atoms with Crippen LogP contribution in [0.5, 0.6) is 0 Å². The molecule has 0 aromatic carbocycles. The van der Waals surface area contributed by atoms with Gasteiger partial charge in [0.05, 0.1) is 18.9 Å². The van der Waals surface area contributed by atoms with Crippen LogP contribution in [-0.4, -0.2) is 60.9 Å². The number of nitrogens with one attached hydrogen (secondary N) is 2. The van der Waals surface area contributed by atoms with Crippen LogP contribution in [0.25, 0.3) is 0 Å². The summed E-state index contributed by atoms with van der Waals surface area (Å²) in [4.78, 5) is 7.15. The van der Waals surface area contributed by atoms with Crippen LogP contribution in [-0.2, 0) is 11.3 Å². The molecular weight excluding hydrogens is 342 g/mol. The first-order chi connectivity index (χ1) is 13.1. The molecule has 0 saturated carbocycles. The molecule has 0 spiro atoms. The summed E-state index contributed by atoms with van der Waals surface area (Å²) >= 11 is 0. The molecule has 27 heavy (non-hydrogen) atoms. The molecule has 2 rings (SSSR count). The zero-order chi connectivity index (χ0) is 19.6. The van der Waals surface area contributed by atoms with E-state index >= 15 is 0 Å². The average Bonchev–Trinajstić information content (AvgIpc) is 3.14. The molecule has 154 valence electrons. The summed E-state index contributed by atoms with van der Waals surface area (Å²) in [5.74, 6) is 2.09. The number of hydrogen-bond acceptors (Lipinski definition) is 5. The molecule has 2 N–H and O–H groups in total. The van der Waals surface area contributed by atoms with Crippen LogP contribution in [0.1, 0.15) is 64.8 Å². The maximum absolute atomic E-state index is 5.53. The molecule has 1 saturated heterocycles. The van der Waals surface area contributed by atoms with Gasteiger partial charge in [0.15, 0.2) is 11.7 Å². The Morgan fingerprint density at radius 2 is 2.11 bits per heavy atom. The lowest BCUT2D eigenvalue weighted by Crippen LogP contribution is -2.53. The van der Waals surface area contributed by atoms with E-state index in [0.717, 1.165) is 63.1 Å². The Morgan fingerprint density at radius 3 is 2.78 bits per heavy atom. The second kappa shape index (κ2) is 11.3. The molecule has 0 radical (unpaired) electrons. The van der Waals surface area contributed by atoms with Gasteiger partial charge in [0, 0.05) is 43.7 Å². The van der Waals surface area contributed by atoms with Crippen molar-refractivity contribution in [3.05, 3.63) is 17.5 Å². The molecule has 1 aromatic heterocycles. The second-order valence-corrected chi connectivity index (χ2v) is 7.32. The topological polar surface area (TPSA) is 74.9 Å². The van der Waals surface area contributed by atoms with Crippen molar-refractivity contribution in [2.24, 2.45) is 4.99 Å². The Bertz CT molecular complexity index is 570. The summed E-state index contributed by atoms with van der Waals surface area (Å²) in [7, 11) is 0. The molecule has 0 amide bonds. The van der Waals surface area contributed by atoms with Crippen molar-refractivity contribution in [2.75, 3.05) is 32.8 Å². The zero-order valence-corrected chi connectivity index (χ0v) is 17.6. The summed E-state index contributed by atoms with van der Waals surface area (Å²) in [6, 6.07) is 2.91. The number of guanidine groups is 1. The van der Waals surface area contributed by atoms with Crippen molar-refractivity contribution >= 4 is 5.96 Å². The Kier molecular flexibility index (Phi) is 9.07. The Labute approximate surface area is 163 Å². The van der Waals surface area contributed by atoms with Gasteiger partial charge in [0.1, 0.15) is 6.54 Å². The largest absolute Gasteiger partial charge is 0.379 e. The Balaban J connectivity index is 1.90. The molecule has 1 fully saturated rings. The van der Waals surface area contributed by atoms with E-state index in [-0.39, 0.29) is 0 Å². The fraction of sp³-hybridized carbons (Fsp3) is 0.800. The third-order valence-corrected chi connectivity index (χ3v) is 5.27. The van der Waals surface area contributed by atoms with Gasteiger partial charge in [-0.05, 0) is 33.6 Å². The minimum absolute atomic E-state index is 0.416. The van der Waals surface area contributed by atoms with Gasteiger partial charge in [-0.1, -0.05) is 19.0 Å². The second-order valence-electron chi connectivity index (χ2n) is 7.32. The fourth-order valence-electron chi connectivity index (χ4n) is 3.56. The van der Waals surface area contributed by atoms with Crippen LogP contribution in [0, 0.1) is 0 Å². The maximum Gasteiger partial charge on any atom is 0.191 e. The fourth-order valence-corrected chi connectivity index (χ4v) is 3.56. The number of aromatic nitrogens is 1. The lowest BCUT2D eigenvalue weighted by atomic mass is 9.99. The third kappa shape index (κ3) is 6.50. The summed E-state index contributed by atoms with van der Waals surface area (Å²) in [6.07, 6.45) is 2.15. The minimum Gasteiger partial charge on any atom is -0.379 e. The van der Waals surface area contributed by atoms with Crippen LogP contribution < -0.4 is 10.6 Å². The number of rotatable bonds is 9. The van der Waals surface area contributed by atoms with Crippen molar-refractivity contribution in [1.82, 2.24) is 20.7 Å². The molecule has 1 aliphatic heterocycles. The third-order valence-electron chi connectivity index (χ3n) is 5.27. The Morgan fingerprint density at radius 1 is 1.33 bits per heavy atom. The van der Waals surface area contributed by atoms with Gasteiger partial charge in [0.2, 0.25) is 0 Å². The van der Waals surface area contributed by atoms with Gasteiger partial charge in [-0.2, -0.15) is 0 Å². The number of nitrogens with zero attached hydrogens (tertiary/aromatic N) is 3. The number of morpholine rings is 1. The van der Waals surface area contributed by atoms with Crippen LogP contribution in [0.4, 0.5) is 0 Å². The van der Waals surface area contributed by atoms with Crippen LogP contribution in [0.15, 0.2) is 15.6 Å². The van der Waals surface area contributed by atoms with Crippen LogP contribution in [0.3, 0.4) is 0 Å². The van der Waals surface area contributed by atoms with E-state index in [4.69, 9.17) is 9.26 Å². The van der Waals surface area contributed by atoms with Crippen molar-refractivity contribution < 1.29 is 9.26 Å². The highest BCUT2D eigenvalue weighted by Crippen LogP contribution is 2.22. The highest BCUT2D eigenvalue weighted by molar-refractivity contribution is 5.79. The van der Waals surface area contributed by atoms with Gasteiger partial charge < -0.3 is 19.9 Å². The first kappa shape index (κ1) is 21.7. The van der Waals surface area contributed by atoms with Crippen molar-refractivity contribution in [3.63, 3.8) is 0 Å². The van der Waals surface area contributed by atoms with E-state index in [2.05, 4.69) is 60.3 Å². The Hall–Kier alpha value is -1.60. The predicted molar refractivity (Wildman–Crippen MR) is 109 cm³/mol. The first-order valence-electron chi connectivity index (χ1n) is 10.4. The normalized spacial score (nSPS) is 20.1. The van der Waals surface area contributed by atoms with E-state index < -0.39 is 0 Å². The molecule has 0 aliphatic carbocycles. The molecule has 2 heterocycles. The molecule has 2 unspecified atom stereocenters. The van der Waals surface area contributed by atoms with Crippen LogP contribution in [0.2, 0.25) is 0 Å². The summed E-state index contributed by atoms with van der Waals surface area (Å²) in [5.41, 5.74) is 1.04. The van der Waals surface area contributed by atoms with E-state index in [1.54, 1.807) is 0 Å². The molecule has 7 heteroatoms. The highest BCUT2D eigenvalue weighted by atomic mass is 16.5.